The van der Waals surface area contributed by atoms with Crippen molar-refractivity contribution < 1.29 is 30.3 Å². The molecule has 0 aromatic rings. The second-order valence-electron chi connectivity index (χ2n) is 1.98. The molecule has 0 aromatic heterocycles. The lowest BCUT2D eigenvalue weighted by atomic mass is 10.1. The van der Waals surface area contributed by atoms with Gasteiger partial charge < -0.3 is 20.2 Å². The predicted octanol–water partition coefficient (Wildman–Crippen LogP) is -1.89. The number of rotatable bonds is 4. The maximum atomic E-state index is 10.2. The van der Waals surface area contributed by atoms with Gasteiger partial charge in [0.05, 0.1) is 19.1 Å². The summed E-state index contributed by atoms with van der Waals surface area (Å²) in [6, 6.07) is 0. The third-order valence-electron chi connectivity index (χ3n) is 1.11. The van der Waals surface area contributed by atoms with Crippen molar-refractivity contribution in [3.05, 3.63) is 0 Å². The van der Waals surface area contributed by atoms with E-state index in [-0.39, 0.29) is 0 Å². The number of hydrogen-bond donors (Lipinski definition) is 4. The van der Waals surface area contributed by atoms with Crippen LogP contribution in [0.15, 0.2) is 0 Å². The van der Waals surface area contributed by atoms with Gasteiger partial charge in [0.25, 0.3) is 0 Å². The van der Waals surface area contributed by atoms with E-state index < -0.39 is 31.2 Å². The van der Waals surface area contributed by atoms with Crippen LogP contribution in [0.1, 0.15) is 6.42 Å². The Morgan fingerprint density at radius 1 is 1.36 bits per heavy atom. The highest BCUT2D eigenvalue weighted by Gasteiger charge is 2.19. The molecule has 0 saturated carbocycles. The standard InChI is InChI=1S/C5H10O6/c6-2-4(8)3(7)1-5(9)11-10/h3-4,6-8,10H,1-2H2. The number of aliphatic hydroxyl groups is 3. The zero-order valence-electron chi connectivity index (χ0n) is 5.67. The normalized spacial score (nSPS) is 15.6. The molecular formula is C5H10O6. The Hall–Kier alpha value is -0.690. The molecule has 6 nitrogen and oxygen atoms in total. The van der Waals surface area contributed by atoms with Gasteiger partial charge in [-0.15, -0.1) is 0 Å². The van der Waals surface area contributed by atoms with Crippen molar-refractivity contribution in [3.63, 3.8) is 0 Å². The summed E-state index contributed by atoms with van der Waals surface area (Å²) >= 11 is 0. The fourth-order valence-corrected chi connectivity index (χ4v) is 0.466. The molecule has 0 rings (SSSR count). The highest BCUT2D eigenvalue weighted by Crippen LogP contribution is 1.99. The Kier molecular flexibility index (Phi) is 4.71. The minimum absolute atomic E-state index is 0.557. The van der Waals surface area contributed by atoms with Gasteiger partial charge in [0.1, 0.15) is 6.10 Å². The Labute approximate surface area is 62.6 Å². The molecule has 0 heterocycles. The average Bonchev–Trinajstić information content (AvgIpc) is 2.02. The number of carbonyl (C=O) groups is 1. The van der Waals surface area contributed by atoms with Gasteiger partial charge in [-0.25, -0.2) is 4.79 Å². The van der Waals surface area contributed by atoms with E-state index in [1.165, 1.54) is 0 Å². The minimum atomic E-state index is -1.42. The van der Waals surface area contributed by atoms with Crippen molar-refractivity contribution in [1.29, 1.82) is 0 Å². The molecule has 0 bridgehead atoms. The van der Waals surface area contributed by atoms with E-state index in [1.807, 2.05) is 0 Å². The van der Waals surface area contributed by atoms with Gasteiger partial charge in [-0.1, -0.05) is 0 Å². The van der Waals surface area contributed by atoms with Crippen molar-refractivity contribution in [2.24, 2.45) is 0 Å². The van der Waals surface area contributed by atoms with Gasteiger partial charge >= 0.3 is 5.97 Å². The molecule has 0 fully saturated rings. The minimum Gasteiger partial charge on any atom is -0.394 e. The van der Waals surface area contributed by atoms with Crippen molar-refractivity contribution >= 4 is 5.97 Å². The van der Waals surface area contributed by atoms with E-state index >= 15 is 0 Å². The summed E-state index contributed by atoms with van der Waals surface area (Å²) in [4.78, 5) is 13.4. The molecule has 4 N–H and O–H groups in total. The van der Waals surface area contributed by atoms with E-state index in [2.05, 4.69) is 4.89 Å². The first-order chi connectivity index (χ1) is 5.11. The molecule has 11 heavy (non-hydrogen) atoms. The Morgan fingerprint density at radius 3 is 2.27 bits per heavy atom. The van der Waals surface area contributed by atoms with Crippen LogP contribution >= 0.6 is 0 Å². The molecule has 2 atom stereocenters. The van der Waals surface area contributed by atoms with Crippen LogP contribution in [0.2, 0.25) is 0 Å². The van der Waals surface area contributed by atoms with Gasteiger partial charge in [-0.3, -0.25) is 0 Å². The molecular weight excluding hydrogens is 156 g/mol. The van der Waals surface area contributed by atoms with Crippen molar-refractivity contribution in [3.8, 4) is 0 Å². The number of aliphatic hydroxyl groups excluding tert-OH is 3. The number of hydrogen-bond acceptors (Lipinski definition) is 6. The van der Waals surface area contributed by atoms with Crippen molar-refractivity contribution in [1.82, 2.24) is 0 Å². The van der Waals surface area contributed by atoms with Crippen LogP contribution in [-0.2, 0) is 9.68 Å². The van der Waals surface area contributed by atoms with Crippen LogP contribution < -0.4 is 0 Å². The monoisotopic (exact) mass is 166 g/mol. The summed E-state index contributed by atoms with van der Waals surface area (Å²) in [5.74, 6) is -1.06. The topological polar surface area (TPSA) is 107 Å². The fraction of sp³-hybridized carbons (Fsp3) is 0.800. The summed E-state index contributed by atoms with van der Waals surface area (Å²) in [5.41, 5.74) is 0. The Morgan fingerprint density at radius 2 is 1.91 bits per heavy atom. The second-order valence-corrected chi connectivity index (χ2v) is 1.98. The van der Waals surface area contributed by atoms with Crippen LogP contribution in [-0.4, -0.2) is 45.4 Å². The van der Waals surface area contributed by atoms with E-state index in [9.17, 15) is 4.79 Å². The highest BCUT2D eigenvalue weighted by atomic mass is 17.1. The van der Waals surface area contributed by atoms with Crippen LogP contribution in [0.25, 0.3) is 0 Å². The van der Waals surface area contributed by atoms with E-state index in [1.54, 1.807) is 0 Å². The van der Waals surface area contributed by atoms with Gasteiger partial charge in [0.15, 0.2) is 0 Å². The molecule has 0 aliphatic carbocycles. The van der Waals surface area contributed by atoms with Gasteiger partial charge in [0, 0.05) is 0 Å². The largest absolute Gasteiger partial charge is 0.394 e. The number of carbonyl (C=O) groups excluding carboxylic acids is 1. The summed E-state index contributed by atoms with van der Waals surface area (Å²) in [6.45, 7) is -0.653. The highest BCUT2D eigenvalue weighted by molar-refractivity contribution is 5.69. The quantitative estimate of drug-likeness (QED) is 0.287. The lowest BCUT2D eigenvalue weighted by Gasteiger charge is -2.12. The zero-order chi connectivity index (χ0) is 8.85. The Balaban J connectivity index is 3.67. The fourth-order valence-electron chi connectivity index (χ4n) is 0.466. The summed E-state index contributed by atoms with van der Waals surface area (Å²) < 4.78 is 0. The molecule has 0 amide bonds. The van der Waals surface area contributed by atoms with Crippen molar-refractivity contribution in [2.45, 2.75) is 18.6 Å². The van der Waals surface area contributed by atoms with Crippen LogP contribution in [0.4, 0.5) is 0 Å². The smallest absolute Gasteiger partial charge is 0.344 e. The maximum Gasteiger partial charge on any atom is 0.344 e. The van der Waals surface area contributed by atoms with Crippen LogP contribution in [0, 0.1) is 0 Å². The third kappa shape index (κ3) is 3.89. The Bertz CT molecular complexity index is 124. The summed E-state index contributed by atoms with van der Waals surface area (Å²) in [7, 11) is 0. The molecule has 2 unspecified atom stereocenters. The summed E-state index contributed by atoms with van der Waals surface area (Å²) in [6.07, 6.45) is -3.37. The van der Waals surface area contributed by atoms with Gasteiger partial charge in [0.2, 0.25) is 0 Å². The van der Waals surface area contributed by atoms with Crippen molar-refractivity contribution in [2.75, 3.05) is 6.61 Å². The molecule has 0 saturated heterocycles. The average molecular weight is 166 g/mol. The lowest BCUT2D eigenvalue weighted by Crippen LogP contribution is -2.31. The summed E-state index contributed by atoms with van der Waals surface area (Å²) in [5, 5.41) is 33.5. The van der Waals surface area contributed by atoms with E-state index in [0.29, 0.717) is 0 Å². The molecule has 6 heteroatoms. The van der Waals surface area contributed by atoms with Gasteiger partial charge in [-0.2, -0.15) is 5.26 Å². The predicted molar refractivity (Wildman–Crippen MR) is 32.4 cm³/mol. The zero-order valence-corrected chi connectivity index (χ0v) is 5.67. The van der Waals surface area contributed by atoms with Crippen LogP contribution in [0.5, 0.6) is 0 Å². The SMILES string of the molecule is O=C(CC(O)C(O)CO)OO. The van der Waals surface area contributed by atoms with E-state index in [4.69, 9.17) is 20.6 Å². The van der Waals surface area contributed by atoms with E-state index in [0.717, 1.165) is 0 Å². The molecule has 0 aliphatic rings. The first-order valence-electron chi connectivity index (χ1n) is 2.93. The third-order valence-corrected chi connectivity index (χ3v) is 1.11. The first-order valence-corrected chi connectivity index (χ1v) is 2.93. The van der Waals surface area contributed by atoms with Crippen LogP contribution in [0.3, 0.4) is 0 Å². The second kappa shape index (κ2) is 5.03. The molecule has 0 aromatic carbocycles. The lowest BCUT2D eigenvalue weighted by molar-refractivity contribution is -0.237. The molecule has 0 spiro atoms. The molecule has 66 valence electrons. The van der Waals surface area contributed by atoms with Gasteiger partial charge in [-0.05, 0) is 0 Å². The maximum absolute atomic E-state index is 10.2. The molecule has 0 radical (unpaired) electrons. The molecule has 0 aliphatic heterocycles. The first kappa shape index (κ1) is 10.3.